The summed E-state index contributed by atoms with van der Waals surface area (Å²) < 4.78 is 0. The van der Waals surface area contributed by atoms with E-state index in [-0.39, 0.29) is 11.7 Å². The van der Waals surface area contributed by atoms with Gasteiger partial charge in [-0.05, 0) is 43.5 Å². The van der Waals surface area contributed by atoms with E-state index in [1.807, 2.05) is 0 Å². The molecule has 1 rings (SSSR count). The van der Waals surface area contributed by atoms with E-state index >= 15 is 0 Å². The van der Waals surface area contributed by atoms with Gasteiger partial charge in [-0.2, -0.15) is 0 Å². The van der Waals surface area contributed by atoms with E-state index in [1.54, 1.807) is 19.1 Å². The van der Waals surface area contributed by atoms with Gasteiger partial charge in [-0.15, -0.1) is 11.6 Å². The molecular formula is C12H16ClNO2. The first kappa shape index (κ1) is 12.8. The molecule has 0 bridgehead atoms. The largest absolute Gasteiger partial charge is 0.508 e. The number of alkyl halides is 1. The van der Waals surface area contributed by atoms with Crippen molar-refractivity contribution in [2.75, 3.05) is 12.4 Å². The molecule has 0 aliphatic carbocycles. The Morgan fingerprint density at radius 2 is 2.19 bits per heavy atom. The number of hydrogen-bond donors (Lipinski definition) is 2. The van der Waals surface area contributed by atoms with Crippen LogP contribution in [-0.4, -0.2) is 23.4 Å². The third kappa shape index (κ3) is 3.74. The fourth-order valence-electron chi connectivity index (χ4n) is 1.42. The lowest BCUT2D eigenvalue weighted by Crippen LogP contribution is -2.25. The lowest BCUT2D eigenvalue weighted by molar-refractivity contribution is 0.0952. The van der Waals surface area contributed by atoms with Crippen molar-refractivity contribution in [3.63, 3.8) is 0 Å². The predicted molar refractivity (Wildman–Crippen MR) is 65.1 cm³/mol. The van der Waals surface area contributed by atoms with Crippen molar-refractivity contribution in [1.82, 2.24) is 5.32 Å². The average molecular weight is 242 g/mol. The number of carbonyl (C=O) groups excluding carboxylic acids is 1. The van der Waals surface area contributed by atoms with E-state index in [9.17, 15) is 9.90 Å². The summed E-state index contributed by atoms with van der Waals surface area (Å²) in [6, 6.07) is 4.72. The first-order chi connectivity index (χ1) is 7.65. The SMILES string of the molecule is Cc1cc(O)ccc1C(=O)NCCCCCl. The summed E-state index contributed by atoms with van der Waals surface area (Å²) in [4.78, 5) is 11.7. The molecule has 0 aliphatic heterocycles. The molecule has 0 saturated carbocycles. The fourth-order valence-corrected chi connectivity index (χ4v) is 1.61. The molecule has 1 aromatic carbocycles. The molecule has 0 heterocycles. The van der Waals surface area contributed by atoms with E-state index in [0.29, 0.717) is 18.0 Å². The van der Waals surface area contributed by atoms with Crippen LogP contribution in [0.4, 0.5) is 0 Å². The van der Waals surface area contributed by atoms with Crippen LogP contribution >= 0.6 is 11.6 Å². The van der Waals surface area contributed by atoms with Crippen LogP contribution in [0.2, 0.25) is 0 Å². The summed E-state index contributed by atoms with van der Waals surface area (Å²) in [7, 11) is 0. The minimum atomic E-state index is -0.105. The van der Waals surface area contributed by atoms with E-state index < -0.39 is 0 Å². The summed E-state index contributed by atoms with van der Waals surface area (Å²) in [5.74, 6) is 0.692. The van der Waals surface area contributed by atoms with Crippen LogP contribution in [0.1, 0.15) is 28.8 Å². The molecule has 0 aromatic heterocycles. The van der Waals surface area contributed by atoms with Crippen molar-refractivity contribution in [2.45, 2.75) is 19.8 Å². The molecule has 88 valence electrons. The molecule has 0 aliphatic rings. The molecule has 3 nitrogen and oxygen atoms in total. The topological polar surface area (TPSA) is 49.3 Å². The van der Waals surface area contributed by atoms with E-state index in [1.165, 1.54) is 6.07 Å². The number of amides is 1. The van der Waals surface area contributed by atoms with Gasteiger partial charge in [0.2, 0.25) is 0 Å². The van der Waals surface area contributed by atoms with E-state index in [4.69, 9.17) is 11.6 Å². The molecule has 1 amide bonds. The molecule has 0 saturated heterocycles. The molecule has 0 atom stereocenters. The second-order valence-corrected chi connectivity index (χ2v) is 4.03. The Morgan fingerprint density at radius 1 is 1.44 bits per heavy atom. The molecule has 1 aromatic rings. The zero-order valence-electron chi connectivity index (χ0n) is 9.29. The van der Waals surface area contributed by atoms with Gasteiger partial charge < -0.3 is 10.4 Å². The first-order valence-electron chi connectivity index (χ1n) is 5.29. The monoisotopic (exact) mass is 241 g/mol. The third-order valence-corrected chi connectivity index (χ3v) is 2.57. The summed E-state index contributed by atoms with van der Waals surface area (Å²) in [6.45, 7) is 2.43. The van der Waals surface area contributed by atoms with E-state index in [2.05, 4.69) is 5.32 Å². The maximum Gasteiger partial charge on any atom is 0.251 e. The fraction of sp³-hybridized carbons (Fsp3) is 0.417. The summed E-state index contributed by atoms with van der Waals surface area (Å²) in [5.41, 5.74) is 1.37. The van der Waals surface area contributed by atoms with Crippen LogP contribution in [0, 0.1) is 6.92 Å². The van der Waals surface area contributed by atoms with Gasteiger partial charge >= 0.3 is 0 Å². The smallest absolute Gasteiger partial charge is 0.251 e. The van der Waals surface area contributed by atoms with Crippen LogP contribution in [0.15, 0.2) is 18.2 Å². The number of aromatic hydroxyl groups is 1. The Morgan fingerprint density at radius 3 is 2.81 bits per heavy atom. The molecule has 0 fully saturated rings. The predicted octanol–water partition coefficient (Wildman–Crippen LogP) is 2.45. The van der Waals surface area contributed by atoms with Gasteiger partial charge in [-0.1, -0.05) is 0 Å². The van der Waals surface area contributed by atoms with Crippen molar-refractivity contribution in [2.24, 2.45) is 0 Å². The normalized spacial score (nSPS) is 10.1. The first-order valence-corrected chi connectivity index (χ1v) is 5.82. The Balaban J connectivity index is 2.53. The Kier molecular flexibility index (Phi) is 5.12. The lowest BCUT2D eigenvalue weighted by atomic mass is 10.1. The molecule has 16 heavy (non-hydrogen) atoms. The molecular weight excluding hydrogens is 226 g/mol. The third-order valence-electron chi connectivity index (χ3n) is 2.30. The average Bonchev–Trinajstić information content (AvgIpc) is 2.24. The molecule has 0 radical (unpaired) electrons. The Bertz CT molecular complexity index is 366. The maximum absolute atomic E-state index is 11.7. The highest BCUT2D eigenvalue weighted by Crippen LogP contribution is 2.15. The van der Waals surface area contributed by atoms with Gasteiger partial charge in [0.15, 0.2) is 0 Å². The van der Waals surface area contributed by atoms with Crippen molar-refractivity contribution < 1.29 is 9.90 Å². The van der Waals surface area contributed by atoms with Crippen molar-refractivity contribution in [3.05, 3.63) is 29.3 Å². The molecule has 2 N–H and O–H groups in total. The van der Waals surface area contributed by atoms with Crippen molar-refractivity contribution in [3.8, 4) is 5.75 Å². The number of phenols is 1. The quantitative estimate of drug-likeness (QED) is 0.615. The summed E-state index contributed by atoms with van der Waals surface area (Å²) in [6.07, 6.45) is 1.78. The zero-order chi connectivity index (χ0) is 12.0. The second-order valence-electron chi connectivity index (χ2n) is 3.65. The van der Waals surface area contributed by atoms with Crippen LogP contribution in [0.25, 0.3) is 0 Å². The van der Waals surface area contributed by atoms with Gasteiger partial charge in [-0.25, -0.2) is 0 Å². The van der Waals surface area contributed by atoms with Gasteiger partial charge in [0.1, 0.15) is 5.75 Å². The van der Waals surface area contributed by atoms with Crippen molar-refractivity contribution in [1.29, 1.82) is 0 Å². The number of hydrogen-bond acceptors (Lipinski definition) is 2. The number of unbranched alkanes of at least 4 members (excludes halogenated alkanes) is 1. The number of phenolic OH excluding ortho intramolecular Hbond substituents is 1. The summed E-state index contributed by atoms with van der Waals surface area (Å²) in [5, 5.41) is 12.0. The number of carbonyl (C=O) groups is 1. The van der Waals surface area contributed by atoms with Gasteiger partial charge in [0.25, 0.3) is 5.91 Å². The number of aryl methyl sites for hydroxylation is 1. The molecule has 0 spiro atoms. The Labute approximate surface area is 100 Å². The van der Waals surface area contributed by atoms with Crippen LogP contribution in [0.5, 0.6) is 5.75 Å². The number of rotatable bonds is 5. The number of benzene rings is 1. The zero-order valence-corrected chi connectivity index (χ0v) is 10.0. The van der Waals surface area contributed by atoms with Crippen LogP contribution < -0.4 is 5.32 Å². The van der Waals surface area contributed by atoms with E-state index in [0.717, 1.165) is 18.4 Å². The second kappa shape index (κ2) is 6.38. The highest BCUT2D eigenvalue weighted by Gasteiger charge is 2.08. The standard InChI is InChI=1S/C12H16ClNO2/c1-9-8-10(15)4-5-11(9)12(16)14-7-3-2-6-13/h4-5,8,15H,2-3,6-7H2,1H3,(H,14,16). The van der Waals surface area contributed by atoms with Gasteiger partial charge in [0, 0.05) is 18.0 Å². The minimum absolute atomic E-state index is 0.105. The summed E-state index contributed by atoms with van der Waals surface area (Å²) >= 11 is 5.54. The van der Waals surface area contributed by atoms with Gasteiger partial charge in [-0.3, -0.25) is 4.79 Å². The minimum Gasteiger partial charge on any atom is -0.508 e. The maximum atomic E-state index is 11.7. The Hall–Kier alpha value is -1.22. The number of halogens is 1. The lowest BCUT2D eigenvalue weighted by Gasteiger charge is -2.07. The van der Waals surface area contributed by atoms with Gasteiger partial charge in [0.05, 0.1) is 0 Å². The number of nitrogens with one attached hydrogen (secondary N) is 1. The van der Waals surface area contributed by atoms with Crippen molar-refractivity contribution >= 4 is 17.5 Å². The highest BCUT2D eigenvalue weighted by molar-refractivity contribution is 6.17. The van der Waals surface area contributed by atoms with Crippen LogP contribution in [-0.2, 0) is 0 Å². The van der Waals surface area contributed by atoms with Crippen LogP contribution in [0.3, 0.4) is 0 Å². The molecule has 0 unspecified atom stereocenters. The molecule has 4 heteroatoms. The highest BCUT2D eigenvalue weighted by atomic mass is 35.5.